The van der Waals surface area contributed by atoms with Crippen LogP contribution in [0.2, 0.25) is 0 Å². The molecule has 0 saturated carbocycles. The first-order valence-electron chi connectivity index (χ1n) is 8.32. The first kappa shape index (κ1) is 21.8. The van der Waals surface area contributed by atoms with E-state index in [1.165, 1.54) is 42.4 Å². The quantitative estimate of drug-likeness (QED) is 0.334. The number of thiophene rings is 1. The predicted molar refractivity (Wildman–Crippen MR) is 109 cm³/mol. The Morgan fingerprint density at radius 2 is 1.97 bits per heavy atom. The monoisotopic (exact) mass is 417 g/mol. The summed E-state index contributed by atoms with van der Waals surface area (Å²) >= 11 is 0.975. The molecule has 0 unspecified atom stereocenters. The first-order chi connectivity index (χ1) is 13.6. The number of rotatable bonds is 6. The number of ether oxygens (including phenoxy) is 1. The molecule has 1 aromatic carbocycles. The van der Waals surface area contributed by atoms with E-state index in [2.05, 4.69) is 5.32 Å². The van der Waals surface area contributed by atoms with Crippen LogP contribution in [-0.4, -0.2) is 48.8 Å². The molecule has 9 nitrogen and oxygen atoms in total. The standard InChI is InChI=1S/C19H19N3O6S/c1-11-15(19(25)28-4)17(29-16(11)18(24)21(2)3)20-14(23)9-8-12-6-5-7-13(10-12)22(26)27/h5-10H,1-4H3,(H,20,23). The van der Waals surface area contributed by atoms with Crippen LogP contribution < -0.4 is 5.32 Å². The van der Waals surface area contributed by atoms with Gasteiger partial charge in [0.05, 0.1) is 22.5 Å². The van der Waals surface area contributed by atoms with Crippen LogP contribution in [0.1, 0.15) is 31.2 Å². The average molecular weight is 417 g/mol. The van der Waals surface area contributed by atoms with Gasteiger partial charge in [0.2, 0.25) is 5.91 Å². The SMILES string of the molecule is COC(=O)c1c(NC(=O)C=Cc2cccc([N+](=O)[O-])c2)sc(C(=O)N(C)C)c1C. The third-order valence-corrected chi connectivity index (χ3v) is 5.08. The van der Waals surface area contributed by atoms with E-state index in [9.17, 15) is 24.5 Å². The van der Waals surface area contributed by atoms with Crippen LogP contribution in [0.4, 0.5) is 10.7 Å². The van der Waals surface area contributed by atoms with E-state index in [-0.39, 0.29) is 22.2 Å². The molecule has 1 heterocycles. The molecule has 1 aromatic heterocycles. The number of benzene rings is 1. The molecule has 2 rings (SSSR count). The summed E-state index contributed by atoms with van der Waals surface area (Å²) in [6, 6.07) is 5.79. The van der Waals surface area contributed by atoms with E-state index >= 15 is 0 Å². The Morgan fingerprint density at radius 3 is 2.55 bits per heavy atom. The molecule has 2 amide bonds. The maximum atomic E-state index is 12.3. The maximum absolute atomic E-state index is 12.3. The highest BCUT2D eigenvalue weighted by Gasteiger charge is 2.26. The van der Waals surface area contributed by atoms with Gasteiger partial charge in [-0.3, -0.25) is 19.7 Å². The number of hydrogen-bond donors (Lipinski definition) is 1. The topological polar surface area (TPSA) is 119 Å². The minimum Gasteiger partial charge on any atom is -0.465 e. The Balaban J connectivity index is 2.30. The van der Waals surface area contributed by atoms with Gasteiger partial charge in [-0.2, -0.15) is 0 Å². The van der Waals surface area contributed by atoms with Crippen LogP contribution in [0.25, 0.3) is 6.08 Å². The van der Waals surface area contributed by atoms with E-state index in [1.54, 1.807) is 27.1 Å². The van der Waals surface area contributed by atoms with Crippen molar-refractivity contribution in [3.63, 3.8) is 0 Å². The van der Waals surface area contributed by atoms with Crippen molar-refractivity contribution in [3.8, 4) is 0 Å². The van der Waals surface area contributed by atoms with Crippen LogP contribution in [0.5, 0.6) is 0 Å². The van der Waals surface area contributed by atoms with Crippen molar-refractivity contribution in [1.82, 2.24) is 4.90 Å². The second-order valence-electron chi connectivity index (χ2n) is 6.13. The summed E-state index contributed by atoms with van der Waals surface area (Å²) in [6.07, 6.45) is 2.59. The summed E-state index contributed by atoms with van der Waals surface area (Å²) in [5.74, 6) is -1.54. The van der Waals surface area contributed by atoms with Crippen LogP contribution in [0.15, 0.2) is 30.3 Å². The lowest BCUT2D eigenvalue weighted by molar-refractivity contribution is -0.384. The van der Waals surface area contributed by atoms with Crippen molar-refractivity contribution < 1.29 is 24.0 Å². The zero-order chi connectivity index (χ0) is 21.7. The number of anilines is 1. The molecule has 0 radical (unpaired) electrons. The summed E-state index contributed by atoms with van der Waals surface area (Å²) in [4.78, 5) is 48.8. The highest BCUT2D eigenvalue weighted by molar-refractivity contribution is 7.18. The number of hydrogen-bond acceptors (Lipinski definition) is 7. The van der Waals surface area contributed by atoms with Gasteiger partial charge >= 0.3 is 5.97 Å². The molecule has 10 heteroatoms. The van der Waals surface area contributed by atoms with Gasteiger partial charge in [-0.25, -0.2) is 4.79 Å². The number of esters is 1. The van der Waals surface area contributed by atoms with Crippen LogP contribution in [-0.2, 0) is 9.53 Å². The Kier molecular flexibility index (Phi) is 6.84. The molecule has 1 N–H and O–H groups in total. The summed E-state index contributed by atoms with van der Waals surface area (Å²) in [5, 5.41) is 13.6. The molecule has 0 bridgehead atoms. The predicted octanol–water partition coefficient (Wildman–Crippen LogP) is 3.11. The normalized spacial score (nSPS) is 10.6. The van der Waals surface area contributed by atoms with Gasteiger partial charge in [-0.15, -0.1) is 11.3 Å². The average Bonchev–Trinajstić information content (AvgIpc) is 3.00. The van der Waals surface area contributed by atoms with Gasteiger partial charge in [0.25, 0.3) is 11.6 Å². The molecular formula is C19H19N3O6S. The molecule has 0 aliphatic rings. The fourth-order valence-corrected chi connectivity index (χ4v) is 3.64. The molecular weight excluding hydrogens is 398 g/mol. The molecule has 0 spiro atoms. The number of carbonyl (C=O) groups excluding carboxylic acids is 3. The van der Waals surface area contributed by atoms with Crippen molar-refractivity contribution in [2.45, 2.75) is 6.92 Å². The maximum Gasteiger partial charge on any atom is 0.341 e. The van der Waals surface area contributed by atoms with Gasteiger partial charge in [0.1, 0.15) is 5.00 Å². The van der Waals surface area contributed by atoms with Gasteiger partial charge in [-0.05, 0) is 24.1 Å². The second kappa shape index (κ2) is 9.11. The number of carbonyl (C=O) groups is 3. The number of nitrogens with one attached hydrogen (secondary N) is 1. The van der Waals surface area contributed by atoms with Gasteiger partial charge in [0.15, 0.2) is 0 Å². The fourth-order valence-electron chi connectivity index (χ4n) is 2.42. The lowest BCUT2D eigenvalue weighted by Crippen LogP contribution is -2.21. The minimum absolute atomic E-state index is 0.0961. The van der Waals surface area contributed by atoms with E-state index in [0.717, 1.165) is 11.3 Å². The number of methoxy groups -OCH3 is 1. The largest absolute Gasteiger partial charge is 0.465 e. The van der Waals surface area contributed by atoms with Crippen molar-refractivity contribution in [2.24, 2.45) is 0 Å². The molecule has 0 saturated heterocycles. The highest BCUT2D eigenvalue weighted by atomic mass is 32.1. The van der Waals surface area contributed by atoms with E-state index in [1.807, 2.05) is 0 Å². The Morgan fingerprint density at radius 1 is 1.28 bits per heavy atom. The summed E-state index contributed by atoms with van der Waals surface area (Å²) in [6.45, 7) is 1.61. The Hall–Kier alpha value is -3.53. The van der Waals surface area contributed by atoms with Gasteiger partial charge < -0.3 is 15.0 Å². The van der Waals surface area contributed by atoms with E-state index in [0.29, 0.717) is 16.0 Å². The van der Waals surface area contributed by atoms with Gasteiger partial charge in [0, 0.05) is 32.3 Å². The second-order valence-corrected chi connectivity index (χ2v) is 7.15. The van der Waals surface area contributed by atoms with Crippen molar-refractivity contribution >= 4 is 45.9 Å². The Bertz CT molecular complexity index is 1010. The third-order valence-electron chi connectivity index (χ3n) is 3.88. The molecule has 0 aliphatic carbocycles. The molecule has 152 valence electrons. The van der Waals surface area contributed by atoms with Crippen molar-refractivity contribution in [2.75, 3.05) is 26.5 Å². The van der Waals surface area contributed by atoms with Crippen molar-refractivity contribution in [1.29, 1.82) is 0 Å². The zero-order valence-electron chi connectivity index (χ0n) is 16.2. The van der Waals surface area contributed by atoms with Gasteiger partial charge in [-0.1, -0.05) is 12.1 Å². The van der Waals surface area contributed by atoms with Crippen molar-refractivity contribution in [3.05, 3.63) is 62.0 Å². The molecule has 0 fully saturated rings. The lowest BCUT2D eigenvalue weighted by atomic mass is 10.1. The number of nitro benzene ring substituents is 1. The molecule has 29 heavy (non-hydrogen) atoms. The molecule has 0 atom stereocenters. The summed E-state index contributed by atoms with van der Waals surface area (Å²) < 4.78 is 4.77. The number of amides is 2. The number of nitrogens with zero attached hydrogens (tertiary/aromatic N) is 2. The van der Waals surface area contributed by atoms with E-state index < -0.39 is 16.8 Å². The van der Waals surface area contributed by atoms with E-state index in [4.69, 9.17) is 4.74 Å². The van der Waals surface area contributed by atoms with Crippen LogP contribution in [0.3, 0.4) is 0 Å². The van der Waals surface area contributed by atoms with Crippen LogP contribution in [0, 0.1) is 17.0 Å². The Labute approximate surface area is 170 Å². The summed E-state index contributed by atoms with van der Waals surface area (Å²) in [7, 11) is 4.37. The third kappa shape index (κ3) is 5.05. The lowest BCUT2D eigenvalue weighted by Gasteiger charge is -2.08. The first-order valence-corrected chi connectivity index (χ1v) is 9.14. The fraction of sp³-hybridized carbons (Fsp3) is 0.211. The zero-order valence-corrected chi connectivity index (χ0v) is 17.0. The smallest absolute Gasteiger partial charge is 0.341 e. The summed E-state index contributed by atoms with van der Waals surface area (Å²) in [5.41, 5.74) is 0.896. The molecule has 2 aromatic rings. The number of nitro groups is 1. The molecule has 0 aliphatic heterocycles. The highest BCUT2D eigenvalue weighted by Crippen LogP contribution is 2.34. The van der Waals surface area contributed by atoms with Crippen LogP contribution >= 0.6 is 11.3 Å². The minimum atomic E-state index is -0.672. The number of non-ortho nitro benzene ring substituents is 1.